The Kier molecular flexibility index (Phi) is 13.6. The van der Waals surface area contributed by atoms with Gasteiger partial charge in [0.05, 0.1) is 32.7 Å². The normalized spacial score (nSPS) is 15.3. The van der Waals surface area contributed by atoms with Crippen molar-refractivity contribution in [2.75, 3.05) is 39.8 Å². The van der Waals surface area contributed by atoms with Crippen molar-refractivity contribution in [2.24, 2.45) is 5.73 Å². The maximum atomic E-state index is 13.8. The van der Waals surface area contributed by atoms with Crippen molar-refractivity contribution in [3.63, 3.8) is 0 Å². The van der Waals surface area contributed by atoms with Crippen LogP contribution in [-0.2, 0) is 35.2 Å². The minimum atomic E-state index is -1.40. The summed E-state index contributed by atoms with van der Waals surface area (Å²) in [7, 11) is 1.33. The van der Waals surface area contributed by atoms with E-state index in [2.05, 4.69) is 26.6 Å². The Bertz CT molecular complexity index is 2200. The molecular formula is C40H40ClN7O9. The van der Waals surface area contributed by atoms with Gasteiger partial charge in [-0.05, 0) is 70.8 Å². The number of hydrogen-bond acceptors (Lipinski definition) is 10. The fourth-order valence-corrected chi connectivity index (χ4v) is 6.18. The molecule has 2 atom stereocenters. The number of rotatable bonds is 12. The summed E-state index contributed by atoms with van der Waals surface area (Å²) in [5.74, 6) is -5.23. The summed E-state index contributed by atoms with van der Waals surface area (Å²) >= 11 is 5.98. The van der Waals surface area contributed by atoms with E-state index >= 15 is 0 Å². The molecule has 17 heteroatoms. The molecule has 1 heterocycles. The van der Waals surface area contributed by atoms with Crippen molar-refractivity contribution in [1.82, 2.24) is 31.5 Å². The maximum Gasteiger partial charge on any atom is 0.251 e. The zero-order valence-corrected chi connectivity index (χ0v) is 31.4. The number of carbonyl (C=O) groups is 7. The number of aromatic hydroxyl groups is 2. The number of nitrogens with one attached hydrogen (secondary N) is 5. The molecule has 5 rings (SSSR count). The minimum absolute atomic E-state index is 0.0944. The quantitative estimate of drug-likeness (QED) is 0.101. The molecule has 6 amide bonds. The van der Waals surface area contributed by atoms with E-state index in [1.165, 1.54) is 43.4 Å². The van der Waals surface area contributed by atoms with Gasteiger partial charge in [0.1, 0.15) is 23.6 Å². The highest BCUT2D eigenvalue weighted by atomic mass is 35.5. The number of carbonyl (C=O) groups excluding carboxylic acids is 7. The van der Waals surface area contributed by atoms with E-state index in [9.17, 15) is 43.8 Å². The molecule has 1 aliphatic rings. The SMILES string of the molecule is CN(C(=O)CNC(=O)c1ccc(-c2ccc(Cl)cc2)cc1)C1C(=O)NCC(=O)NC(C(=O)NCC(=O)CNCC(N)=O)Cc2ccc(O)c(c2)-c2cc1ccc2O. The third kappa shape index (κ3) is 10.9. The summed E-state index contributed by atoms with van der Waals surface area (Å²) in [4.78, 5) is 91.1. The van der Waals surface area contributed by atoms with Crippen LogP contribution in [0, 0.1) is 0 Å². The van der Waals surface area contributed by atoms with Crippen molar-refractivity contribution in [1.29, 1.82) is 0 Å². The van der Waals surface area contributed by atoms with Crippen LogP contribution in [0.5, 0.6) is 11.5 Å². The Morgan fingerprint density at radius 2 is 1.44 bits per heavy atom. The monoisotopic (exact) mass is 797 g/mol. The van der Waals surface area contributed by atoms with Crippen LogP contribution in [-0.4, -0.2) is 102 Å². The number of amides is 6. The number of phenolic OH excluding ortho intramolecular Hbond substituents is 2. The summed E-state index contributed by atoms with van der Waals surface area (Å²) in [6, 6.07) is 19.7. The predicted molar refractivity (Wildman–Crippen MR) is 209 cm³/mol. The lowest BCUT2D eigenvalue weighted by Gasteiger charge is -2.29. The number of phenols is 2. The third-order valence-corrected chi connectivity index (χ3v) is 9.29. The highest BCUT2D eigenvalue weighted by molar-refractivity contribution is 6.30. The fraction of sp³-hybridized carbons (Fsp3) is 0.225. The fourth-order valence-electron chi connectivity index (χ4n) is 6.05. The van der Waals surface area contributed by atoms with Crippen LogP contribution in [0.4, 0.5) is 0 Å². The Morgan fingerprint density at radius 1 is 0.807 bits per heavy atom. The van der Waals surface area contributed by atoms with Gasteiger partial charge in [-0.25, -0.2) is 0 Å². The molecule has 4 aromatic rings. The molecule has 1 aliphatic heterocycles. The van der Waals surface area contributed by atoms with Crippen molar-refractivity contribution in [3.8, 4) is 33.8 Å². The van der Waals surface area contributed by atoms with Crippen molar-refractivity contribution < 1.29 is 43.8 Å². The van der Waals surface area contributed by atoms with E-state index in [4.69, 9.17) is 17.3 Å². The van der Waals surface area contributed by atoms with Gasteiger partial charge in [0, 0.05) is 35.2 Å². The van der Waals surface area contributed by atoms with E-state index in [0.29, 0.717) is 10.6 Å². The van der Waals surface area contributed by atoms with Crippen LogP contribution in [0.1, 0.15) is 27.5 Å². The van der Waals surface area contributed by atoms with Crippen molar-refractivity contribution >= 4 is 52.8 Å². The van der Waals surface area contributed by atoms with Gasteiger partial charge in [0.15, 0.2) is 5.78 Å². The smallest absolute Gasteiger partial charge is 0.251 e. The van der Waals surface area contributed by atoms with Gasteiger partial charge < -0.3 is 47.4 Å². The lowest BCUT2D eigenvalue weighted by Crippen LogP contribution is -2.52. The average molecular weight is 798 g/mol. The van der Waals surface area contributed by atoms with Gasteiger partial charge >= 0.3 is 0 Å². The molecule has 4 aromatic carbocycles. The highest BCUT2D eigenvalue weighted by Gasteiger charge is 2.31. The number of likely N-dealkylation sites (N-methyl/N-ethyl adjacent to an activating group) is 1. The molecule has 0 aromatic heterocycles. The van der Waals surface area contributed by atoms with E-state index in [1.807, 2.05) is 12.1 Å². The molecule has 0 spiro atoms. The lowest BCUT2D eigenvalue weighted by molar-refractivity contribution is -0.139. The first-order valence-corrected chi connectivity index (χ1v) is 18.0. The summed E-state index contributed by atoms with van der Waals surface area (Å²) < 4.78 is 0. The topological polar surface area (TPSA) is 249 Å². The van der Waals surface area contributed by atoms with E-state index < -0.39 is 72.9 Å². The third-order valence-electron chi connectivity index (χ3n) is 9.04. The second kappa shape index (κ2) is 18.7. The van der Waals surface area contributed by atoms with Gasteiger partial charge in [-0.1, -0.05) is 48.0 Å². The number of primary amides is 1. The molecule has 16 nitrogen and oxygen atoms in total. The number of nitrogens with two attached hydrogens (primary N) is 1. The Labute approximate surface area is 331 Å². The second-order valence-electron chi connectivity index (χ2n) is 13.2. The van der Waals surface area contributed by atoms with E-state index in [-0.39, 0.29) is 53.3 Å². The molecule has 0 fully saturated rings. The molecular weight excluding hydrogens is 758 g/mol. The maximum absolute atomic E-state index is 13.8. The van der Waals surface area contributed by atoms with E-state index in [0.717, 1.165) is 16.0 Å². The molecule has 4 bridgehead atoms. The van der Waals surface area contributed by atoms with Gasteiger partial charge in [-0.3, -0.25) is 33.6 Å². The van der Waals surface area contributed by atoms with Crippen molar-refractivity contribution in [2.45, 2.75) is 18.5 Å². The molecule has 9 N–H and O–H groups in total. The van der Waals surface area contributed by atoms with Gasteiger partial charge in [-0.15, -0.1) is 0 Å². The highest BCUT2D eigenvalue weighted by Crippen LogP contribution is 2.38. The van der Waals surface area contributed by atoms with Crippen LogP contribution < -0.4 is 32.3 Å². The van der Waals surface area contributed by atoms with Crippen LogP contribution in [0.15, 0.2) is 84.9 Å². The number of nitrogens with zero attached hydrogens (tertiary/aromatic N) is 1. The standard InChI is InChI=1S/C40H40ClN7O9/c1-48(36(54)21-46-38(55)25-5-3-23(4-6-25)24-7-10-27(41)11-8-24)37-26-9-13-33(51)30(16-26)29-14-22(2-12-32(29)50)15-31(47-35(53)20-45-40(37)57)39(56)44-18-28(49)17-43-19-34(42)52/h2-14,16,31,37,43,50-51H,15,17-21H2,1H3,(H2,42,52)(H,44,56)(H,45,57)(H,46,55)(H,47,53). The van der Waals surface area contributed by atoms with E-state index in [1.54, 1.807) is 36.4 Å². The molecule has 0 aliphatic carbocycles. The first-order chi connectivity index (χ1) is 27.2. The summed E-state index contributed by atoms with van der Waals surface area (Å²) in [5, 5.41) is 35.0. The summed E-state index contributed by atoms with van der Waals surface area (Å²) in [6.45, 7) is -2.05. The largest absolute Gasteiger partial charge is 0.507 e. The lowest BCUT2D eigenvalue weighted by atomic mass is 9.94. The molecule has 296 valence electrons. The number of hydrogen-bond donors (Lipinski definition) is 8. The number of ketones is 1. The summed E-state index contributed by atoms with van der Waals surface area (Å²) in [6.07, 6.45) is -0.120. The molecule has 57 heavy (non-hydrogen) atoms. The van der Waals surface area contributed by atoms with Crippen LogP contribution in [0.25, 0.3) is 22.3 Å². The molecule has 0 saturated carbocycles. The molecule has 0 radical (unpaired) electrons. The van der Waals surface area contributed by atoms with Crippen molar-refractivity contribution in [3.05, 3.63) is 107 Å². The number of halogens is 1. The Hall–Kier alpha value is -6.78. The zero-order chi connectivity index (χ0) is 41.2. The average Bonchev–Trinajstić information content (AvgIpc) is 3.19. The number of benzene rings is 4. The molecule has 0 saturated heterocycles. The predicted octanol–water partition coefficient (Wildman–Crippen LogP) is 0.932. The zero-order valence-electron chi connectivity index (χ0n) is 30.6. The Balaban J connectivity index is 1.35. The van der Waals surface area contributed by atoms with Gasteiger partial charge in [-0.2, -0.15) is 0 Å². The first-order valence-electron chi connectivity index (χ1n) is 17.6. The first kappa shape index (κ1) is 41.4. The van der Waals surface area contributed by atoms with Crippen LogP contribution >= 0.6 is 11.6 Å². The number of Topliss-reactive ketones (excluding diaryl/α,β-unsaturated/α-hetero) is 1. The molecule has 2 unspecified atom stereocenters. The van der Waals surface area contributed by atoms with Crippen LogP contribution in [0.2, 0.25) is 5.02 Å². The van der Waals surface area contributed by atoms with Gasteiger partial charge in [0.2, 0.25) is 29.5 Å². The Morgan fingerprint density at radius 3 is 2.11 bits per heavy atom. The summed E-state index contributed by atoms with van der Waals surface area (Å²) in [5.41, 5.74) is 7.94. The second-order valence-corrected chi connectivity index (χ2v) is 13.6. The number of fused-ring (bicyclic) bond motifs is 5. The van der Waals surface area contributed by atoms with Gasteiger partial charge in [0.25, 0.3) is 5.91 Å². The minimum Gasteiger partial charge on any atom is -0.507 e. The van der Waals surface area contributed by atoms with Crippen LogP contribution in [0.3, 0.4) is 0 Å².